The van der Waals surface area contributed by atoms with Crippen molar-refractivity contribution in [3.63, 3.8) is 0 Å². The summed E-state index contributed by atoms with van der Waals surface area (Å²) in [5.74, 6) is 1.62. The first-order chi connectivity index (χ1) is 13.4. The minimum atomic E-state index is -4.47. The second-order valence-corrected chi connectivity index (χ2v) is 6.02. The number of nitrogens with zero attached hydrogens (tertiary/aromatic N) is 4. The topological polar surface area (TPSA) is 62.1 Å². The van der Waals surface area contributed by atoms with Gasteiger partial charge in [-0.3, -0.25) is 4.98 Å². The smallest absolute Gasteiger partial charge is 0.433 e. The summed E-state index contributed by atoms with van der Waals surface area (Å²) in [6.45, 7) is 4.79. The van der Waals surface area contributed by atoms with Crippen LogP contribution >= 0.6 is 0 Å². The molecule has 0 saturated heterocycles. The van der Waals surface area contributed by atoms with E-state index in [1.807, 2.05) is 30.7 Å². The number of halogens is 3. The summed E-state index contributed by atoms with van der Waals surface area (Å²) in [5.41, 5.74) is 0.465. The van der Waals surface area contributed by atoms with Crippen LogP contribution in [0.3, 0.4) is 0 Å². The monoisotopic (exact) mass is 392 g/mol. The largest absolute Gasteiger partial charge is 0.488 e. The van der Waals surface area contributed by atoms with Crippen LogP contribution in [0.2, 0.25) is 0 Å². The molecule has 0 saturated carbocycles. The van der Waals surface area contributed by atoms with Crippen LogP contribution < -0.4 is 9.47 Å². The van der Waals surface area contributed by atoms with Crippen LogP contribution in [0.1, 0.15) is 29.6 Å². The Morgan fingerprint density at radius 2 is 1.82 bits per heavy atom. The summed E-state index contributed by atoms with van der Waals surface area (Å²) < 4.78 is 51.0. The normalized spacial score (nSPS) is 11.5. The number of aryl methyl sites for hydroxylation is 1. The van der Waals surface area contributed by atoms with Crippen molar-refractivity contribution in [2.45, 2.75) is 33.2 Å². The van der Waals surface area contributed by atoms with Gasteiger partial charge in [-0.2, -0.15) is 13.2 Å². The third-order valence-electron chi connectivity index (χ3n) is 3.94. The van der Waals surface area contributed by atoms with E-state index in [9.17, 15) is 13.2 Å². The first-order valence-electron chi connectivity index (χ1n) is 8.61. The molecule has 0 aliphatic carbocycles. The number of pyridine rings is 2. The average molecular weight is 392 g/mol. The van der Waals surface area contributed by atoms with E-state index in [1.54, 1.807) is 12.4 Å². The maximum Gasteiger partial charge on any atom is 0.433 e. The van der Waals surface area contributed by atoms with Gasteiger partial charge in [-0.1, -0.05) is 6.07 Å². The van der Waals surface area contributed by atoms with Crippen molar-refractivity contribution < 1.29 is 22.6 Å². The standard InChI is InChI=1S/C19H19F3N4O2/c1-3-27-16-8-15(11-26-7-6-23-13(26)2)10-25-18(16)28-12-14-4-5-17(24-9-14)19(20,21)22/h4-10H,3,11-12H2,1-2H3. The molecule has 0 unspecified atom stereocenters. The number of imidazole rings is 1. The van der Waals surface area contributed by atoms with E-state index in [2.05, 4.69) is 15.0 Å². The molecule has 0 bridgehead atoms. The Morgan fingerprint density at radius 1 is 1.04 bits per heavy atom. The van der Waals surface area contributed by atoms with E-state index in [4.69, 9.17) is 9.47 Å². The van der Waals surface area contributed by atoms with Crippen molar-refractivity contribution in [3.8, 4) is 11.6 Å². The highest BCUT2D eigenvalue weighted by Gasteiger charge is 2.32. The molecule has 0 radical (unpaired) electrons. The maximum absolute atomic E-state index is 12.6. The molecular formula is C19H19F3N4O2. The highest BCUT2D eigenvalue weighted by molar-refractivity contribution is 5.37. The lowest BCUT2D eigenvalue weighted by atomic mass is 10.2. The van der Waals surface area contributed by atoms with Gasteiger partial charge in [0.1, 0.15) is 18.1 Å². The first-order valence-corrected chi connectivity index (χ1v) is 8.61. The lowest BCUT2D eigenvalue weighted by molar-refractivity contribution is -0.141. The van der Waals surface area contributed by atoms with Gasteiger partial charge >= 0.3 is 6.18 Å². The maximum atomic E-state index is 12.6. The van der Waals surface area contributed by atoms with Gasteiger partial charge in [-0.05, 0) is 31.5 Å². The summed E-state index contributed by atoms with van der Waals surface area (Å²) >= 11 is 0. The first kappa shape index (κ1) is 19.7. The molecule has 6 nitrogen and oxygen atoms in total. The van der Waals surface area contributed by atoms with Gasteiger partial charge in [-0.25, -0.2) is 9.97 Å². The van der Waals surface area contributed by atoms with E-state index in [-0.39, 0.29) is 12.5 Å². The van der Waals surface area contributed by atoms with Crippen LogP contribution in [0.15, 0.2) is 43.0 Å². The van der Waals surface area contributed by atoms with Gasteiger partial charge in [0.25, 0.3) is 5.88 Å². The molecule has 3 aromatic rings. The SMILES string of the molecule is CCOc1cc(Cn2ccnc2C)cnc1OCc1ccc(C(F)(F)F)nc1. The summed E-state index contributed by atoms with van der Waals surface area (Å²) in [5, 5.41) is 0. The number of hydrogen-bond acceptors (Lipinski definition) is 5. The van der Waals surface area contributed by atoms with Gasteiger partial charge in [0, 0.05) is 30.4 Å². The average Bonchev–Trinajstić information content (AvgIpc) is 3.06. The Balaban J connectivity index is 1.71. The predicted molar refractivity (Wildman–Crippen MR) is 95.0 cm³/mol. The van der Waals surface area contributed by atoms with Crippen LogP contribution in [0, 0.1) is 6.92 Å². The Hall–Kier alpha value is -3.10. The number of ether oxygens (including phenoxy) is 2. The fraction of sp³-hybridized carbons (Fsp3) is 0.316. The third kappa shape index (κ3) is 4.79. The third-order valence-corrected chi connectivity index (χ3v) is 3.94. The van der Waals surface area contributed by atoms with Gasteiger partial charge < -0.3 is 14.0 Å². The summed E-state index contributed by atoms with van der Waals surface area (Å²) in [6.07, 6.45) is 1.94. The molecule has 28 heavy (non-hydrogen) atoms. The molecule has 9 heteroatoms. The van der Waals surface area contributed by atoms with Crippen molar-refractivity contribution >= 4 is 0 Å². The molecule has 0 spiro atoms. The van der Waals surface area contributed by atoms with Crippen molar-refractivity contribution in [1.82, 2.24) is 19.5 Å². The van der Waals surface area contributed by atoms with E-state index in [0.29, 0.717) is 24.5 Å². The minimum Gasteiger partial charge on any atom is -0.488 e. The molecule has 3 heterocycles. The zero-order chi connectivity index (χ0) is 20.1. The molecule has 0 amide bonds. The molecule has 0 N–H and O–H groups in total. The van der Waals surface area contributed by atoms with E-state index in [0.717, 1.165) is 23.7 Å². The summed E-state index contributed by atoms with van der Waals surface area (Å²) in [6, 6.07) is 4.08. The van der Waals surface area contributed by atoms with E-state index in [1.165, 1.54) is 6.07 Å². The molecule has 3 aromatic heterocycles. The van der Waals surface area contributed by atoms with Gasteiger partial charge in [0.2, 0.25) is 0 Å². The molecule has 0 aliphatic heterocycles. The molecule has 148 valence electrons. The zero-order valence-electron chi connectivity index (χ0n) is 15.4. The van der Waals surface area contributed by atoms with Crippen molar-refractivity contribution in [2.24, 2.45) is 0 Å². The molecular weight excluding hydrogens is 373 g/mol. The Morgan fingerprint density at radius 3 is 2.43 bits per heavy atom. The van der Waals surface area contributed by atoms with Gasteiger partial charge in [-0.15, -0.1) is 0 Å². The van der Waals surface area contributed by atoms with Gasteiger partial charge in [0.15, 0.2) is 5.75 Å². The second kappa shape index (κ2) is 8.28. The van der Waals surface area contributed by atoms with Crippen molar-refractivity contribution in [1.29, 1.82) is 0 Å². The van der Waals surface area contributed by atoms with Crippen LogP contribution in [0.25, 0.3) is 0 Å². The molecule has 0 aliphatic rings. The van der Waals surface area contributed by atoms with Crippen molar-refractivity contribution in [2.75, 3.05) is 6.61 Å². The highest BCUT2D eigenvalue weighted by atomic mass is 19.4. The van der Waals surface area contributed by atoms with Crippen LogP contribution in [0.5, 0.6) is 11.6 Å². The van der Waals surface area contributed by atoms with Crippen molar-refractivity contribution in [3.05, 3.63) is 65.6 Å². The lowest BCUT2D eigenvalue weighted by Crippen LogP contribution is -2.08. The predicted octanol–water partition coefficient (Wildman–Crippen LogP) is 4.03. The molecule has 3 rings (SSSR count). The highest BCUT2D eigenvalue weighted by Crippen LogP contribution is 2.29. The summed E-state index contributed by atoms with van der Waals surface area (Å²) in [7, 11) is 0. The molecule has 0 aromatic carbocycles. The second-order valence-electron chi connectivity index (χ2n) is 6.02. The van der Waals surface area contributed by atoms with Crippen LogP contribution in [0.4, 0.5) is 13.2 Å². The molecule has 0 fully saturated rings. The number of aromatic nitrogens is 4. The number of rotatable bonds is 7. The summed E-state index contributed by atoms with van der Waals surface area (Å²) in [4.78, 5) is 11.9. The quantitative estimate of drug-likeness (QED) is 0.608. The fourth-order valence-electron chi connectivity index (χ4n) is 2.52. The fourth-order valence-corrected chi connectivity index (χ4v) is 2.52. The lowest BCUT2D eigenvalue weighted by Gasteiger charge is -2.13. The van der Waals surface area contributed by atoms with E-state index < -0.39 is 11.9 Å². The minimum absolute atomic E-state index is 0.0260. The number of alkyl halides is 3. The Bertz CT molecular complexity index is 924. The Kier molecular flexibility index (Phi) is 5.81. The van der Waals surface area contributed by atoms with Gasteiger partial charge in [0.05, 0.1) is 13.2 Å². The van der Waals surface area contributed by atoms with Crippen LogP contribution in [-0.2, 0) is 19.3 Å². The Labute approximate surface area is 160 Å². The number of hydrogen-bond donors (Lipinski definition) is 0. The molecule has 0 atom stereocenters. The van der Waals surface area contributed by atoms with E-state index >= 15 is 0 Å². The van der Waals surface area contributed by atoms with Crippen LogP contribution in [-0.4, -0.2) is 26.1 Å². The zero-order valence-corrected chi connectivity index (χ0v) is 15.4.